The van der Waals surface area contributed by atoms with Gasteiger partial charge < -0.3 is 31.1 Å². The molecule has 198 valence electrons. The van der Waals surface area contributed by atoms with E-state index in [-0.39, 0.29) is 23.9 Å². The normalized spacial score (nSPS) is 14.7. The predicted molar refractivity (Wildman–Crippen MR) is 136 cm³/mol. The van der Waals surface area contributed by atoms with E-state index < -0.39 is 47.9 Å². The molecule has 0 aromatic heterocycles. The summed E-state index contributed by atoms with van der Waals surface area (Å²) in [6.45, 7) is 5.20. The Hall–Kier alpha value is -4.08. The second kappa shape index (κ2) is 11.8. The molecule has 0 saturated heterocycles. The Balaban J connectivity index is 1.94. The number of aromatic hydroxyl groups is 1. The minimum absolute atomic E-state index is 0.160. The molecule has 2 unspecified atom stereocenters. The van der Waals surface area contributed by atoms with Crippen molar-refractivity contribution < 1.29 is 29.0 Å². The Kier molecular flexibility index (Phi) is 8.75. The van der Waals surface area contributed by atoms with E-state index in [0.717, 1.165) is 5.56 Å². The first-order chi connectivity index (χ1) is 17.5. The number of nitrogens with zero attached hydrogens (tertiary/aromatic N) is 1. The van der Waals surface area contributed by atoms with Gasteiger partial charge in [-0.3, -0.25) is 14.4 Å². The topological polar surface area (TPSA) is 151 Å². The number of phenols is 1. The van der Waals surface area contributed by atoms with Crippen molar-refractivity contribution in [3.63, 3.8) is 0 Å². The summed E-state index contributed by atoms with van der Waals surface area (Å²) in [5.41, 5.74) is 5.63. The van der Waals surface area contributed by atoms with Gasteiger partial charge in [0.25, 0.3) is 0 Å². The maximum Gasteiger partial charge on any atom is 0.408 e. The van der Waals surface area contributed by atoms with E-state index in [4.69, 9.17) is 10.5 Å². The maximum atomic E-state index is 13.9. The Morgan fingerprint density at radius 3 is 2.24 bits per heavy atom. The maximum absolute atomic E-state index is 13.9. The highest BCUT2D eigenvalue weighted by atomic mass is 16.6. The van der Waals surface area contributed by atoms with E-state index in [1.807, 2.05) is 30.3 Å². The quantitative estimate of drug-likeness (QED) is 0.386. The van der Waals surface area contributed by atoms with Crippen LogP contribution < -0.4 is 16.4 Å². The van der Waals surface area contributed by atoms with Gasteiger partial charge in [-0.05, 0) is 45.2 Å². The molecule has 10 heteroatoms. The van der Waals surface area contributed by atoms with Gasteiger partial charge in [0.15, 0.2) is 0 Å². The first kappa shape index (κ1) is 27.5. The first-order valence-electron chi connectivity index (χ1n) is 12.2. The molecule has 2 aromatic rings. The molecule has 0 aliphatic heterocycles. The third kappa shape index (κ3) is 7.96. The van der Waals surface area contributed by atoms with Crippen LogP contribution in [0.1, 0.15) is 57.2 Å². The van der Waals surface area contributed by atoms with Crippen LogP contribution in [-0.4, -0.2) is 51.5 Å². The molecule has 10 nitrogen and oxygen atoms in total. The zero-order valence-corrected chi connectivity index (χ0v) is 21.3. The fourth-order valence-electron chi connectivity index (χ4n) is 3.92. The number of amides is 4. The van der Waals surface area contributed by atoms with E-state index in [9.17, 15) is 24.3 Å². The highest BCUT2D eigenvalue weighted by molar-refractivity contribution is 5.95. The first-order valence-corrected chi connectivity index (χ1v) is 12.2. The van der Waals surface area contributed by atoms with Crippen LogP contribution in [0.3, 0.4) is 0 Å². The van der Waals surface area contributed by atoms with Gasteiger partial charge in [-0.15, -0.1) is 0 Å². The molecule has 0 spiro atoms. The van der Waals surface area contributed by atoms with Gasteiger partial charge in [0.05, 0.1) is 6.42 Å². The molecule has 2 atom stereocenters. The molecule has 0 bridgehead atoms. The van der Waals surface area contributed by atoms with Crippen molar-refractivity contribution in [3.05, 3.63) is 65.7 Å². The Morgan fingerprint density at radius 1 is 1.05 bits per heavy atom. The summed E-state index contributed by atoms with van der Waals surface area (Å²) in [5, 5.41) is 15.9. The van der Waals surface area contributed by atoms with Gasteiger partial charge in [-0.1, -0.05) is 48.5 Å². The molecule has 1 fully saturated rings. The zero-order valence-electron chi connectivity index (χ0n) is 21.3. The number of hydrogen-bond donors (Lipinski definition) is 4. The predicted octanol–water partition coefficient (Wildman–Crippen LogP) is 2.51. The molecule has 0 radical (unpaired) electrons. The average molecular weight is 511 g/mol. The van der Waals surface area contributed by atoms with Crippen LogP contribution in [0.2, 0.25) is 0 Å². The lowest BCUT2D eigenvalue weighted by Crippen LogP contribution is -2.54. The van der Waals surface area contributed by atoms with Crippen LogP contribution in [0.25, 0.3) is 0 Å². The lowest BCUT2D eigenvalue weighted by atomic mass is 10.0. The number of alkyl carbamates (subject to hydrolysis) is 1. The lowest BCUT2D eigenvalue weighted by Gasteiger charge is -2.34. The van der Waals surface area contributed by atoms with Gasteiger partial charge in [-0.25, -0.2) is 4.79 Å². The van der Waals surface area contributed by atoms with E-state index in [1.54, 1.807) is 39.0 Å². The van der Waals surface area contributed by atoms with Crippen LogP contribution in [0.4, 0.5) is 4.79 Å². The highest BCUT2D eigenvalue weighted by Crippen LogP contribution is 2.38. The molecule has 1 saturated carbocycles. The van der Waals surface area contributed by atoms with Crippen molar-refractivity contribution >= 4 is 23.8 Å². The number of carbonyl (C=O) groups excluding carboxylic acids is 4. The summed E-state index contributed by atoms with van der Waals surface area (Å²) < 4.78 is 5.26. The number of nitrogens with two attached hydrogens (primary N) is 1. The van der Waals surface area contributed by atoms with Crippen LogP contribution >= 0.6 is 0 Å². The number of para-hydroxylation sites is 1. The number of benzene rings is 2. The van der Waals surface area contributed by atoms with Crippen molar-refractivity contribution in [2.24, 2.45) is 5.73 Å². The zero-order chi connectivity index (χ0) is 27.2. The van der Waals surface area contributed by atoms with Gasteiger partial charge >= 0.3 is 6.09 Å². The standard InChI is InChI=1S/C27H34N4O6/c1-27(2,3)37-26(36)30-20(15-22(28)33)25(35)31(18-13-14-18)23(19-11-7-8-12-21(19)32)24(34)29-16-17-9-5-4-6-10-17/h4-12,18,20,23,32H,13-16H2,1-3H3,(H2,28,33)(H,29,34)(H,30,36). The summed E-state index contributed by atoms with van der Waals surface area (Å²) in [4.78, 5) is 53.1. The number of hydrogen-bond acceptors (Lipinski definition) is 6. The highest BCUT2D eigenvalue weighted by Gasteiger charge is 2.45. The minimum atomic E-state index is -1.36. The van der Waals surface area contributed by atoms with Crippen molar-refractivity contribution in [1.82, 2.24) is 15.5 Å². The van der Waals surface area contributed by atoms with Gasteiger partial charge in [0, 0.05) is 18.2 Å². The third-order valence-corrected chi connectivity index (χ3v) is 5.66. The molecule has 5 N–H and O–H groups in total. The summed E-state index contributed by atoms with van der Waals surface area (Å²) in [7, 11) is 0. The van der Waals surface area contributed by atoms with Crippen LogP contribution in [0, 0.1) is 0 Å². The SMILES string of the molecule is CC(C)(C)OC(=O)NC(CC(N)=O)C(=O)N(C1CC1)C(C(=O)NCc1ccccc1)c1ccccc1O. The molecule has 4 amide bonds. The van der Waals surface area contributed by atoms with Crippen LogP contribution in [0.15, 0.2) is 54.6 Å². The van der Waals surface area contributed by atoms with Crippen molar-refractivity contribution in [3.8, 4) is 5.75 Å². The van der Waals surface area contributed by atoms with Crippen molar-refractivity contribution in [2.75, 3.05) is 0 Å². The lowest BCUT2D eigenvalue weighted by molar-refractivity contribution is -0.144. The van der Waals surface area contributed by atoms with Gasteiger partial charge in [-0.2, -0.15) is 0 Å². The molecule has 3 rings (SSSR count). The summed E-state index contributed by atoms with van der Waals surface area (Å²) in [6.07, 6.45) is -0.134. The number of nitrogens with one attached hydrogen (secondary N) is 2. The number of carbonyl (C=O) groups is 4. The van der Waals surface area contributed by atoms with Crippen molar-refractivity contribution in [2.45, 2.75) is 70.3 Å². The second-order valence-electron chi connectivity index (χ2n) is 10.0. The van der Waals surface area contributed by atoms with Crippen LogP contribution in [-0.2, 0) is 25.7 Å². The fraction of sp³-hybridized carbons (Fsp3) is 0.407. The summed E-state index contributed by atoms with van der Waals surface area (Å²) >= 11 is 0. The molecule has 1 aliphatic carbocycles. The fourth-order valence-corrected chi connectivity index (χ4v) is 3.92. The van der Waals surface area contributed by atoms with Crippen molar-refractivity contribution in [1.29, 1.82) is 0 Å². The smallest absolute Gasteiger partial charge is 0.408 e. The number of phenolic OH excluding ortho intramolecular Hbond substituents is 1. The average Bonchev–Trinajstić information content (AvgIpc) is 3.65. The number of ether oxygens (including phenoxy) is 1. The third-order valence-electron chi connectivity index (χ3n) is 5.66. The molecule has 1 aliphatic rings. The Bertz CT molecular complexity index is 1130. The van der Waals surface area contributed by atoms with E-state index in [0.29, 0.717) is 12.8 Å². The van der Waals surface area contributed by atoms with E-state index in [1.165, 1.54) is 11.0 Å². The van der Waals surface area contributed by atoms with Crippen LogP contribution in [0.5, 0.6) is 5.75 Å². The van der Waals surface area contributed by atoms with Gasteiger partial charge in [0.2, 0.25) is 17.7 Å². The molecular formula is C27H34N4O6. The number of primary amides is 1. The summed E-state index contributed by atoms with van der Waals surface area (Å²) in [5.74, 6) is -2.15. The Morgan fingerprint density at radius 2 is 1.68 bits per heavy atom. The molecular weight excluding hydrogens is 476 g/mol. The van der Waals surface area contributed by atoms with E-state index >= 15 is 0 Å². The second-order valence-corrected chi connectivity index (χ2v) is 10.0. The molecule has 37 heavy (non-hydrogen) atoms. The largest absolute Gasteiger partial charge is 0.508 e. The van der Waals surface area contributed by atoms with E-state index in [2.05, 4.69) is 10.6 Å². The Labute approximate surface area is 216 Å². The van der Waals surface area contributed by atoms with Gasteiger partial charge in [0.1, 0.15) is 23.4 Å². The monoisotopic (exact) mass is 510 g/mol. The minimum Gasteiger partial charge on any atom is -0.508 e. The summed E-state index contributed by atoms with van der Waals surface area (Å²) in [6, 6.07) is 12.6. The molecule has 0 heterocycles. The molecule has 2 aromatic carbocycles. The number of rotatable bonds is 10.